The number of alkyl halides is 3. The normalized spacial score (nSPS) is 19.1. The molecule has 5 rings (SSSR count). The van der Waals surface area contributed by atoms with Crippen LogP contribution in [0, 0.1) is 5.82 Å². The highest BCUT2D eigenvalue weighted by atomic mass is 19.4. The molecule has 8 nitrogen and oxygen atoms in total. The molecule has 1 fully saturated rings. The van der Waals surface area contributed by atoms with Gasteiger partial charge in [-0.3, -0.25) is 14.2 Å². The molecule has 12 heteroatoms. The van der Waals surface area contributed by atoms with Crippen molar-refractivity contribution in [1.29, 1.82) is 0 Å². The minimum absolute atomic E-state index is 0.00744. The van der Waals surface area contributed by atoms with E-state index in [9.17, 15) is 18.0 Å². The highest BCUT2D eigenvalue weighted by Gasteiger charge is 2.37. The molecule has 4 aromatic rings. The average Bonchev–Trinajstić information content (AvgIpc) is 3.29. The number of morpholine rings is 1. The topological polar surface area (TPSA) is 98.6 Å². The number of nitrogens with two attached hydrogens (primary N) is 1. The van der Waals surface area contributed by atoms with E-state index < -0.39 is 35.5 Å². The summed E-state index contributed by atoms with van der Waals surface area (Å²) >= 11 is 0. The van der Waals surface area contributed by atoms with E-state index in [1.165, 1.54) is 29.6 Å². The molecule has 2 atom stereocenters. The van der Waals surface area contributed by atoms with Crippen molar-refractivity contribution >= 4 is 28.3 Å². The number of benzene rings is 1. The Labute approximate surface area is 190 Å². The van der Waals surface area contributed by atoms with Gasteiger partial charge >= 0.3 is 6.18 Å². The van der Waals surface area contributed by atoms with Gasteiger partial charge in [-0.25, -0.2) is 14.4 Å². The van der Waals surface area contributed by atoms with Gasteiger partial charge in [-0.1, -0.05) is 0 Å². The van der Waals surface area contributed by atoms with Crippen molar-refractivity contribution in [2.24, 2.45) is 0 Å². The van der Waals surface area contributed by atoms with E-state index in [0.717, 1.165) is 12.1 Å². The number of carbonyl (C=O) groups is 1. The summed E-state index contributed by atoms with van der Waals surface area (Å²) in [6.07, 6.45) is -0.849. The maximum atomic E-state index is 15.1. The first kappa shape index (κ1) is 22.0. The Morgan fingerprint density at radius 1 is 1.18 bits per heavy atom. The second-order valence-corrected chi connectivity index (χ2v) is 8.05. The van der Waals surface area contributed by atoms with Crippen LogP contribution in [0.5, 0.6) is 0 Å². The van der Waals surface area contributed by atoms with Crippen LogP contribution in [0.25, 0.3) is 16.6 Å². The average molecular weight is 474 g/mol. The molecule has 1 aliphatic rings. The van der Waals surface area contributed by atoms with Crippen molar-refractivity contribution in [1.82, 2.24) is 24.3 Å². The highest BCUT2D eigenvalue weighted by molar-refractivity contribution is 5.99. The Morgan fingerprint density at radius 3 is 2.68 bits per heavy atom. The molecule has 1 aliphatic heterocycles. The predicted octanol–water partition coefficient (Wildman–Crippen LogP) is 3.62. The van der Waals surface area contributed by atoms with Crippen molar-refractivity contribution in [3.63, 3.8) is 0 Å². The third kappa shape index (κ3) is 3.59. The van der Waals surface area contributed by atoms with Crippen LogP contribution in [0.4, 0.5) is 23.4 Å². The maximum Gasteiger partial charge on any atom is 0.417 e. The van der Waals surface area contributed by atoms with Crippen LogP contribution in [0.3, 0.4) is 0 Å². The van der Waals surface area contributed by atoms with Crippen LogP contribution in [-0.2, 0) is 10.9 Å². The Kier molecular flexibility index (Phi) is 5.12. The summed E-state index contributed by atoms with van der Waals surface area (Å²) in [5.41, 5.74) is 6.16. The van der Waals surface area contributed by atoms with E-state index >= 15 is 4.39 Å². The molecular weight excluding hydrogens is 456 g/mol. The number of imidazole rings is 1. The zero-order valence-corrected chi connectivity index (χ0v) is 17.8. The largest absolute Gasteiger partial charge is 0.417 e. The molecule has 1 amide bonds. The first-order chi connectivity index (χ1) is 16.1. The lowest BCUT2D eigenvalue weighted by Crippen LogP contribution is -2.49. The summed E-state index contributed by atoms with van der Waals surface area (Å²) in [6.45, 7) is 1.90. The number of rotatable bonds is 2. The van der Waals surface area contributed by atoms with Crippen LogP contribution in [-0.4, -0.2) is 49.4 Å². The summed E-state index contributed by atoms with van der Waals surface area (Å²) in [4.78, 5) is 27.1. The Hall–Kier alpha value is -3.80. The van der Waals surface area contributed by atoms with E-state index in [1.54, 1.807) is 11.3 Å². The molecule has 0 spiro atoms. The maximum absolute atomic E-state index is 15.1. The van der Waals surface area contributed by atoms with Gasteiger partial charge in [-0.15, -0.1) is 0 Å². The van der Waals surface area contributed by atoms with E-state index in [1.807, 2.05) is 0 Å². The third-order valence-corrected chi connectivity index (χ3v) is 5.83. The number of fused-ring (bicyclic) bond motifs is 3. The minimum atomic E-state index is -4.54. The molecular formula is C22H18F4N6O2. The Balaban J connectivity index is 1.57. The van der Waals surface area contributed by atoms with Crippen LogP contribution < -0.4 is 5.73 Å². The van der Waals surface area contributed by atoms with Crippen molar-refractivity contribution < 1.29 is 27.1 Å². The lowest BCUT2D eigenvalue weighted by molar-refractivity contribution is -0.137. The highest BCUT2D eigenvalue weighted by Crippen LogP contribution is 2.33. The summed E-state index contributed by atoms with van der Waals surface area (Å²) < 4.78 is 61.1. The van der Waals surface area contributed by atoms with Crippen LogP contribution in [0.2, 0.25) is 0 Å². The van der Waals surface area contributed by atoms with E-state index in [0.29, 0.717) is 17.2 Å². The van der Waals surface area contributed by atoms with Gasteiger partial charge in [0.25, 0.3) is 5.91 Å². The number of nitrogens with zero attached hydrogens (tertiary/aromatic N) is 5. The summed E-state index contributed by atoms with van der Waals surface area (Å²) in [7, 11) is 0. The van der Waals surface area contributed by atoms with Gasteiger partial charge in [0.05, 0.1) is 65.7 Å². The number of ether oxygens (including phenoxy) is 1. The monoisotopic (exact) mass is 474 g/mol. The fourth-order valence-electron chi connectivity index (χ4n) is 4.16. The number of nitrogen functional groups attached to an aromatic ring is 1. The Bertz CT molecular complexity index is 1400. The lowest BCUT2D eigenvalue weighted by Gasteiger charge is -2.40. The molecule has 3 aromatic heterocycles. The number of aromatic nitrogens is 4. The number of carbonyl (C=O) groups excluding carboxylic acids is 1. The lowest BCUT2D eigenvalue weighted by atomic mass is 10.0. The fraction of sp³-hybridized carbons (Fsp3) is 0.273. The van der Waals surface area contributed by atoms with Crippen LogP contribution >= 0.6 is 0 Å². The molecule has 0 bridgehead atoms. The number of halogens is 4. The summed E-state index contributed by atoms with van der Waals surface area (Å²) in [6, 6.07) is 3.30. The van der Waals surface area contributed by atoms with E-state index in [4.69, 9.17) is 10.5 Å². The van der Waals surface area contributed by atoms with Crippen LogP contribution in [0.1, 0.15) is 34.6 Å². The molecule has 34 heavy (non-hydrogen) atoms. The fourth-order valence-corrected chi connectivity index (χ4v) is 4.16. The van der Waals surface area contributed by atoms with Crippen molar-refractivity contribution in [2.75, 3.05) is 18.9 Å². The van der Waals surface area contributed by atoms with Crippen molar-refractivity contribution in [3.8, 4) is 0 Å². The number of anilines is 1. The first-order valence-corrected chi connectivity index (χ1v) is 10.3. The van der Waals surface area contributed by atoms with Gasteiger partial charge in [0.15, 0.2) is 0 Å². The van der Waals surface area contributed by atoms with Gasteiger partial charge < -0.3 is 15.4 Å². The molecule has 0 aliphatic carbocycles. The van der Waals surface area contributed by atoms with Crippen molar-refractivity contribution in [3.05, 3.63) is 65.6 Å². The second-order valence-electron chi connectivity index (χ2n) is 8.05. The smallest absolute Gasteiger partial charge is 0.382 e. The second kappa shape index (κ2) is 7.90. The number of hydrogen-bond donors (Lipinski definition) is 1. The summed E-state index contributed by atoms with van der Waals surface area (Å²) in [5, 5.41) is 0. The number of pyridine rings is 1. The zero-order chi connectivity index (χ0) is 24.2. The molecule has 4 heterocycles. The van der Waals surface area contributed by atoms with Crippen molar-refractivity contribution in [2.45, 2.75) is 25.2 Å². The number of amides is 1. The van der Waals surface area contributed by atoms with E-state index in [-0.39, 0.29) is 35.8 Å². The SMILES string of the molecule is C[C@@H]1COC[C@H](c2ccc(C(F)(F)F)cn2)N1C(=O)c1cc2c(cc1F)nc(N)c1cncn12. The third-order valence-electron chi connectivity index (χ3n) is 5.83. The minimum Gasteiger partial charge on any atom is -0.382 e. The molecule has 176 valence electrons. The van der Waals surface area contributed by atoms with Gasteiger partial charge in [0.1, 0.15) is 17.2 Å². The summed E-state index contributed by atoms with van der Waals surface area (Å²) in [5.74, 6) is -1.28. The Morgan fingerprint density at radius 2 is 1.97 bits per heavy atom. The molecule has 2 N–H and O–H groups in total. The predicted molar refractivity (Wildman–Crippen MR) is 113 cm³/mol. The standard InChI is InChI=1S/C22H18F4N6O2/c1-11-8-34-9-19(15-3-2-12(6-29-15)22(24,25)26)32(11)21(33)13-4-17-16(5-14(13)23)30-20(27)18-7-28-10-31(17)18/h2-7,10-11,19H,8-9H2,1H3,(H2,27,30)/t11-,19-/m1/s1. The van der Waals surface area contributed by atoms with Gasteiger partial charge in [0, 0.05) is 12.3 Å². The first-order valence-electron chi connectivity index (χ1n) is 10.3. The van der Waals surface area contributed by atoms with Gasteiger partial charge in [0.2, 0.25) is 0 Å². The quantitative estimate of drug-likeness (QED) is 0.446. The number of hydrogen-bond acceptors (Lipinski definition) is 6. The van der Waals surface area contributed by atoms with E-state index in [2.05, 4.69) is 15.0 Å². The molecule has 1 aromatic carbocycles. The van der Waals surface area contributed by atoms with Gasteiger partial charge in [-0.2, -0.15) is 13.2 Å². The van der Waals surface area contributed by atoms with Crippen LogP contribution in [0.15, 0.2) is 43.0 Å². The zero-order valence-electron chi connectivity index (χ0n) is 17.8. The molecule has 1 saturated heterocycles. The molecule has 0 unspecified atom stereocenters. The molecule has 0 radical (unpaired) electrons. The molecule has 0 saturated carbocycles. The van der Waals surface area contributed by atoms with Gasteiger partial charge in [-0.05, 0) is 25.1 Å².